The Labute approximate surface area is 125 Å². The molecule has 1 saturated carbocycles. The van der Waals surface area contributed by atoms with Gasteiger partial charge in [0.2, 0.25) is 0 Å². The van der Waals surface area contributed by atoms with Crippen LogP contribution in [-0.2, 0) is 9.53 Å². The van der Waals surface area contributed by atoms with Gasteiger partial charge in [0.15, 0.2) is 0 Å². The van der Waals surface area contributed by atoms with Crippen LogP contribution in [0.1, 0.15) is 51.0 Å². The summed E-state index contributed by atoms with van der Waals surface area (Å²) >= 11 is 0. The molecule has 1 aromatic rings. The Morgan fingerprint density at radius 1 is 1.43 bits per heavy atom. The minimum absolute atomic E-state index is 0.109. The molecule has 3 atom stereocenters. The number of rotatable bonds is 4. The first kappa shape index (κ1) is 15.8. The molecule has 3 unspecified atom stereocenters. The van der Waals surface area contributed by atoms with Crippen molar-refractivity contribution in [3.8, 4) is 0 Å². The fraction of sp³-hybridized carbons (Fsp3) is 0.588. The van der Waals surface area contributed by atoms with Gasteiger partial charge in [0, 0.05) is 0 Å². The van der Waals surface area contributed by atoms with Gasteiger partial charge in [-0.2, -0.15) is 0 Å². The summed E-state index contributed by atoms with van der Waals surface area (Å²) in [6.45, 7) is 4.31. The van der Waals surface area contributed by atoms with Crippen LogP contribution in [0.5, 0.6) is 0 Å². The van der Waals surface area contributed by atoms with Crippen molar-refractivity contribution in [3.63, 3.8) is 0 Å². The van der Waals surface area contributed by atoms with Crippen molar-refractivity contribution in [2.24, 2.45) is 11.8 Å². The molecule has 0 bridgehead atoms. The topological polar surface area (TPSA) is 52.3 Å². The van der Waals surface area contributed by atoms with Gasteiger partial charge in [-0.25, -0.2) is 4.39 Å². The van der Waals surface area contributed by atoms with Crippen LogP contribution in [-0.4, -0.2) is 12.6 Å². The van der Waals surface area contributed by atoms with Crippen LogP contribution >= 0.6 is 0 Å². The molecule has 1 fully saturated rings. The number of esters is 1. The third-order valence-electron chi connectivity index (χ3n) is 4.53. The number of halogens is 1. The molecule has 0 heterocycles. The minimum Gasteiger partial charge on any atom is -0.466 e. The second kappa shape index (κ2) is 6.92. The van der Waals surface area contributed by atoms with Crippen LogP contribution in [0.25, 0.3) is 0 Å². The third-order valence-corrected chi connectivity index (χ3v) is 4.53. The molecule has 21 heavy (non-hydrogen) atoms. The van der Waals surface area contributed by atoms with E-state index in [1.165, 1.54) is 18.6 Å². The first-order valence-corrected chi connectivity index (χ1v) is 7.76. The number of nitrogens with two attached hydrogens (primary N) is 1. The van der Waals surface area contributed by atoms with Gasteiger partial charge in [-0.1, -0.05) is 32.3 Å². The van der Waals surface area contributed by atoms with Crippen molar-refractivity contribution < 1.29 is 13.9 Å². The van der Waals surface area contributed by atoms with E-state index in [0.29, 0.717) is 18.1 Å². The number of hydrogen-bond acceptors (Lipinski definition) is 3. The van der Waals surface area contributed by atoms with E-state index >= 15 is 0 Å². The van der Waals surface area contributed by atoms with Gasteiger partial charge >= 0.3 is 5.97 Å². The zero-order valence-electron chi connectivity index (χ0n) is 12.8. The lowest BCUT2D eigenvalue weighted by Crippen LogP contribution is -2.30. The number of nitrogen functional groups attached to an aromatic ring is 1. The molecular weight excluding hydrogens is 269 g/mol. The number of ether oxygens (including phenoxy) is 1. The highest BCUT2D eigenvalue weighted by atomic mass is 19.1. The Balaban J connectivity index is 2.34. The van der Waals surface area contributed by atoms with E-state index in [1.807, 2.05) is 0 Å². The highest BCUT2D eigenvalue weighted by molar-refractivity contribution is 5.79. The molecule has 0 amide bonds. The lowest BCUT2D eigenvalue weighted by molar-refractivity contribution is -0.147. The van der Waals surface area contributed by atoms with E-state index < -0.39 is 11.7 Å². The first-order valence-electron chi connectivity index (χ1n) is 7.76. The predicted octanol–water partition coefficient (Wildman–Crippen LogP) is 3.88. The summed E-state index contributed by atoms with van der Waals surface area (Å²) in [6.07, 6.45) is 4.40. The number of hydrogen-bond donors (Lipinski definition) is 1. The largest absolute Gasteiger partial charge is 0.466 e. The number of benzene rings is 1. The van der Waals surface area contributed by atoms with Crippen molar-refractivity contribution in [3.05, 3.63) is 29.6 Å². The molecule has 2 N–H and O–H groups in total. The first-order chi connectivity index (χ1) is 10.0. The molecule has 1 aliphatic rings. The molecule has 0 aliphatic heterocycles. The van der Waals surface area contributed by atoms with Gasteiger partial charge in [-0.3, -0.25) is 4.79 Å². The SMILES string of the molecule is CCOC(=O)C(c1ccc(N)c(F)c1)C1CCCCC1C. The Bertz CT molecular complexity index is 504. The Morgan fingerprint density at radius 3 is 2.76 bits per heavy atom. The van der Waals surface area contributed by atoms with Gasteiger partial charge in [0.05, 0.1) is 18.2 Å². The van der Waals surface area contributed by atoms with Gasteiger partial charge < -0.3 is 10.5 Å². The Hall–Kier alpha value is -1.58. The molecule has 3 nitrogen and oxygen atoms in total. The monoisotopic (exact) mass is 293 g/mol. The smallest absolute Gasteiger partial charge is 0.313 e. The highest BCUT2D eigenvalue weighted by Gasteiger charge is 2.36. The molecule has 0 saturated heterocycles. The van der Waals surface area contributed by atoms with E-state index in [0.717, 1.165) is 19.3 Å². The maximum absolute atomic E-state index is 13.8. The Morgan fingerprint density at radius 2 is 2.14 bits per heavy atom. The lowest BCUT2D eigenvalue weighted by Gasteiger charge is -2.34. The second-order valence-corrected chi connectivity index (χ2v) is 5.94. The van der Waals surface area contributed by atoms with Gasteiger partial charge in [-0.05, 0) is 42.9 Å². The summed E-state index contributed by atoms with van der Waals surface area (Å²) in [7, 11) is 0. The van der Waals surface area contributed by atoms with Crippen molar-refractivity contribution in [1.82, 2.24) is 0 Å². The van der Waals surface area contributed by atoms with Crippen molar-refractivity contribution in [1.29, 1.82) is 0 Å². The normalized spacial score (nSPS) is 23.6. The van der Waals surface area contributed by atoms with Crippen molar-refractivity contribution in [2.45, 2.75) is 45.4 Å². The maximum atomic E-state index is 13.8. The molecule has 2 rings (SSSR count). The fourth-order valence-corrected chi connectivity index (χ4v) is 3.37. The average Bonchev–Trinajstić information content (AvgIpc) is 2.45. The van der Waals surface area contributed by atoms with E-state index in [-0.39, 0.29) is 17.6 Å². The van der Waals surface area contributed by atoms with Crippen molar-refractivity contribution >= 4 is 11.7 Å². The third kappa shape index (κ3) is 3.55. The van der Waals surface area contributed by atoms with E-state index in [1.54, 1.807) is 13.0 Å². The van der Waals surface area contributed by atoms with Crippen LogP contribution in [0, 0.1) is 17.7 Å². The molecule has 1 aromatic carbocycles. The summed E-state index contributed by atoms with van der Waals surface area (Å²) in [6, 6.07) is 4.67. The number of carbonyl (C=O) groups excluding carboxylic acids is 1. The second-order valence-electron chi connectivity index (χ2n) is 5.94. The van der Waals surface area contributed by atoms with E-state index in [2.05, 4.69) is 6.92 Å². The van der Waals surface area contributed by atoms with Gasteiger partial charge in [0.1, 0.15) is 5.82 Å². The standard InChI is InChI=1S/C17H24FNO2/c1-3-21-17(20)16(13-7-5-4-6-11(13)2)12-8-9-15(19)14(18)10-12/h8-11,13,16H,3-7,19H2,1-2H3. The van der Waals surface area contributed by atoms with E-state index in [9.17, 15) is 9.18 Å². The molecule has 0 spiro atoms. The summed E-state index contributed by atoms with van der Waals surface area (Å²) < 4.78 is 19.0. The summed E-state index contributed by atoms with van der Waals surface area (Å²) in [5.74, 6) is -0.462. The molecule has 0 aromatic heterocycles. The van der Waals surface area contributed by atoms with Crippen molar-refractivity contribution in [2.75, 3.05) is 12.3 Å². The number of carbonyl (C=O) groups is 1. The number of anilines is 1. The van der Waals surface area contributed by atoms with Crippen LogP contribution < -0.4 is 5.73 Å². The van der Waals surface area contributed by atoms with Crippen LogP contribution in [0.2, 0.25) is 0 Å². The Kier molecular flexibility index (Phi) is 5.21. The average molecular weight is 293 g/mol. The van der Waals surface area contributed by atoms with Gasteiger partial charge in [-0.15, -0.1) is 0 Å². The summed E-state index contributed by atoms with van der Waals surface area (Å²) in [4.78, 5) is 12.4. The molecular formula is C17H24FNO2. The summed E-state index contributed by atoms with van der Waals surface area (Å²) in [5, 5.41) is 0. The summed E-state index contributed by atoms with van der Waals surface area (Å²) in [5.41, 5.74) is 6.33. The van der Waals surface area contributed by atoms with Gasteiger partial charge in [0.25, 0.3) is 0 Å². The minimum atomic E-state index is -0.467. The zero-order chi connectivity index (χ0) is 15.4. The quantitative estimate of drug-likeness (QED) is 0.677. The predicted molar refractivity (Wildman–Crippen MR) is 81.3 cm³/mol. The van der Waals surface area contributed by atoms with Crippen LogP contribution in [0.3, 0.4) is 0 Å². The fourth-order valence-electron chi connectivity index (χ4n) is 3.37. The molecule has 4 heteroatoms. The molecule has 1 aliphatic carbocycles. The molecule has 116 valence electrons. The van der Waals surface area contributed by atoms with Crippen LogP contribution in [0.15, 0.2) is 18.2 Å². The van der Waals surface area contributed by atoms with E-state index in [4.69, 9.17) is 10.5 Å². The highest BCUT2D eigenvalue weighted by Crippen LogP contribution is 2.41. The lowest BCUT2D eigenvalue weighted by atomic mass is 9.71. The molecule has 0 radical (unpaired) electrons. The van der Waals surface area contributed by atoms with Crippen LogP contribution in [0.4, 0.5) is 10.1 Å². The zero-order valence-corrected chi connectivity index (χ0v) is 12.8. The maximum Gasteiger partial charge on any atom is 0.313 e.